The molecule has 0 bridgehead atoms. The van der Waals surface area contributed by atoms with Crippen molar-refractivity contribution in [2.75, 3.05) is 23.8 Å². The Balaban J connectivity index is 1.60. The minimum atomic E-state index is -0.262. The van der Waals surface area contributed by atoms with Crippen LogP contribution in [0.2, 0.25) is 0 Å². The Labute approximate surface area is 141 Å². The molecule has 24 heavy (non-hydrogen) atoms. The van der Waals surface area contributed by atoms with Gasteiger partial charge in [0.1, 0.15) is 11.5 Å². The van der Waals surface area contributed by atoms with Crippen LogP contribution < -0.4 is 10.6 Å². The summed E-state index contributed by atoms with van der Waals surface area (Å²) in [4.78, 5) is 20.7. The standard InChI is InChI=1S/C18H22N4O2/c1-12-5-3-7-15(13(12)2)22-18(23)16-10-21-17(11-19-16)20-9-14-6-4-8-24-14/h3,5,7,10-11,14H,4,6,8-9H2,1-2H3,(H,20,21)(H,22,23). The summed E-state index contributed by atoms with van der Waals surface area (Å²) in [7, 11) is 0. The van der Waals surface area contributed by atoms with Gasteiger partial charge in [0.25, 0.3) is 5.91 Å². The predicted octanol–water partition coefficient (Wildman–Crippen LogP) is 2.94. The Kier molecular flexibility index (Phi) is 5.05. The first-order valence-corrected chi connectivity index (χ1v) is 8.18. The van der Waals surface area contributed by atoms with Gasteiger partial charge >= 0.3 is 0 Å². The highest BCUT2D eigenvalue weighted by atomic mass is 16.5. The molecule has 1 saturated heterocycles. The minimum Gasteiger partial charge on any atom is -0.376 e. The highest BCUT2D eigenvalue weighted by Gasteiger charge is 2.15. The van der Waals surface area contributed by atoms with Crippen LogP contribution in [0, 0.1) is 13.8 Å². The largest absolute Gasteiger partial charge is 0.376 e. The second-order valence-electron chi connectivity index (χ2n) is 6.00. The number of anilines is 2. The quantitative estimate of drug-likeness (QED) is 0.883. The molecular weight excluding hydrogens is 304 g/mol. The smallest absolute Gasteiger partial charge is 0.275 e. The van der Waals surface area contributed by atoms with Gasteiger partial charge in [0.2, 0.25) is 0 Å². The van der Waals surface area contributed by atoms with E-state index >= 15 is 0 Å². The molecule has 1 aliphatic heterocycles. The van der Waals surface area contributed by atoms with Crippen LogP contribution in [0.4, 0.5) is 11.5 Å². The Morgan fingerprint density at radius 1 is 1.29 bits per heavy atom. The van der Waals surface area contributed by atoms with Crippen molar-refractivity contribution in [2.24, 2.45) is 0 Å². The Morgan fingerprint density at radius 2 is 2.17 bits per heavy atom. The lowest BCUT2D eigenvalue weighted by Gasteiger charge is -2.12. The molecule has 126 valence electrons. The van der Waals surface area contributed by atoms with Crippen LogP contribution in [0.5, 0.6) is 0 Å². The van der Waals surface area contributed by atoms with Crippen molar-refractivity contribution in [1.29, 1.82) is 0 Å². The van der Waals surface area contributed by atoms with Crippen molar-refractivity contribution in [3.8, 4) is 0 Å². The molecule has 0 spiro atoms. The molecule has 1 unspecified atom stereocenters. The van der Waals surface area contributed by atoms with E-state index in [0.29, 0.717) is 18.1 Å². The monoisotopic (exact) mass is 326 g/mol. The van der Waals surface area contributed by atoms with E-state index in [2.05, 4.69) is 20.6 Å². The van der Waals surface area contributed by atoms with Crippen LogP contribution in [0.15, 0.2) is 30.6 Å². The Bertz CT molecular complexity index is 709. The first-order valence-electron chi connectivity index (χ1n) is 8.18. The van der Waals surface area contributed by atoms with Crippen LogP contribution in [-0.4, -0.2) is 35.1 Å². The molecule has 1 aromatic carbocycles. The summed E-state index contributed by atoms with van der Waals surface area (Å²) < 4.78 is 5.55. The van der Waals surface area contributed by atoms with Crippen molar-refractivity contribution >= 4 is 17.4 Å². The highest BCUT2D eigenvalue weighted by Crippen LogP contribution is 2.18. The third-order valence-corrected chi connectivity index (χ3v) is 4.27. The molecule has 1 aliphatic rings. The van der Waals surface area contributed by atoms with Gasteiger partial charge in [-0.2, -0.15) is 0 Å². The molecule has 3 rings (SSSR count). The fraction of sp³-hybridized carbons (Fsp3) is 0.389. The molecule has 0 saturated carbocycles. The van der Waals surface area contributed by atoms with Crippen molar-refractivity contribution in [3.05, 3.63) is 47.4 Å². The van der Waals surface area contributed by atoms with Crippen molar-refractivity contribution < 1.29 is 9.53 Å². The molecule has 1 fully saturated rings. The van der Waals surface area contributed by atoms with Crippen molar-refractivity contribution in [1.82, 2.24) is 9.97 Å². The van der Waals surface area contributed by atoms with Gasteiger partial charge in [0.15, 0.2) is 0 Å². The maximum absolute atomic E-state index is 12.3. The summed E-state index contributed by atoms with van der Waals surface area (Å²) in [6, 6.07) is 5.81. The maximum Gasteiger partial charge on any atom is 0.275 e. The number of nitrogens with one attached hydrogen (secondary N) is 2. The van der Waals surface area contributed by atoms with Gasteiger partial charge in [-0.3, -0.25) is 4.79 Å². The highest BCUT2D eigenvalue weighted by molar-refractivity contribution is 6.03. The predicted molar refractivity (Wildman–Crippen MR) is 93.4 cm³/mol. The summed E-state index contributed by atoms with van der Waals surface area (Å²) in [6.07, 6.45) is 5.47. The third kappa shape index (κ3) is 3.89. The number of carbonyl (C=O) groups excluding carboxylic acids is 1. The first kappa shape index (κ1) is 16.4. The second-order valence-corrected chi connectivity index (χ2v) is 6.00. The topological polar surface area (TPSA) is 76.1 Å². The molecule has 6 heteroatoms. The van der Waals surface area contributed by atoms with Gasteiger partial charge in [-0.25, -0.2) is 9.97 Å². The molecule has 0 aliphatic carbocycles. The van der Waals surface area contributed by atoms with E-state index in [-0.39, 0.29) is 12.0 Å². The fourth-order valence-electron chi connectivity index (χ4n) is 2.63. The normalized spacial score (nSPS) is 16.8. The van der Waals surface area contributed by atoms with Crippen LogP contribution in [0.1, 0.15) is 34.5 Å². The molecule has 1 atom stereocenters. The lowest BCUT2D eigenvalue weighted by molar-refractivity contribution is 0.102. The molecular formula is C18H22N4O2. The number of amides is 1. The second kappa shape index (κ2) is 7.40. The van der Waals surface area contributed by atoms with Gasteiger partial charge in [-0.15, -0.1) is 0 Å². The lowest BCUT2D eigenvalue weighted by atomic mass is 10.1. The average molecular weight is 326 g/mol. The molecule has 0 radical (unpaired) electrons. The molecule has 2 heterocycles. The van der Waals surface area contributed by atoms with E-state index in [1.54, 1.807) is 6.20 Å². The van der Waals surface area contributed by atoms with Crippen LogP contribution in [0.25, 0.3) is 0 Å². The average Bonchev–Trinajstić information content (AvgIpc) is 3.11. The van der Waals surface area contributed by atoms with E-state index < -0.39 is 0 Å². The Morgan fingerprint density at radius 3 is 2.88 bits per heavy atom. The van der Waals surface area contributed by atoms with E-state index in [1.807, 2.05) is 32.0 Å². The zero-order chi connectivity index (χ0) is 16.9. The maximum atomic E-state index is 12.3. The molecule has 2 aromatic rings. The number of aryl methyl sites for hydroxylation is 1. The zero-order valence-corrected chi connectivity index (χ0v) is 14.0. The van der Waals surface area contributed by atoms with Gasteiger partial charge < -0.3 is 15.4 Å². The van der Waals surface area contributed by atoms with Crippen LogP contribution in [-0.2, 0) is 4.74 Å². The lowest BCUT2D eigenvalue weighted by Crippen LogP contribution is -2.20. The van der Waals surface area contributed by atoms with Crippen molar-refractivity contribution in [3.63, 3.8) is 0 Å². The summed E-state index contributed by atoms with van der Waals surface area (Å²) in [5, 5.41) is 6.07. The molecule has 1 amide bonds. The summed E-state index contributed by atoms with van der Waals surface area (Å²) >= 11 is 0. The third-order valence-electron chi connectivity index (χ3n) is 4.27. The SMILES string of the molecule is Cc1cccc(NC(=O)c2cnc(NCC3CCCO3)cn2)c1C. The zero-order valence-electron chi connectivity index (χ0n) is 14.0. The van der Waals surface area contributed by atoms with E-state index in [9.17, 15) is 4.79 Å². The summed E-state index contributed by atoms with van der Waals surface area (Å²) in [5.41, 5.74) is 3.27. The van der Waals surface area contributed by atoms with E-state index in [4.69, 9.17) is 4.74 Å². The molecule has 1 aromatic heterocycles. The summed E-state index contributed by atoms with van der Waals surface area (Å²) in [6.45, 7) is 5.53. The van der Waals surface area contributed by atoms with E-state index in [1.165, 1.54) is 6.20 Å². The number of benzene rings is 1. The number of carbonyl (C=O) groups is 1. The van der Waals surface area contributed by atoms with Crippen LogP contribution >= 0.6 is 0 Å². The Hall–Kier alpha value is -2.47. The minimum absolute atomic E-state index is 0.235. The van der Waals surface area contributed by atoms with E-state index in [0.717, 1.165) is 36.3 Å². The van der Waals surface area contributed by atoms with Gasteiger partial charge in [0, 0.05) is 18.8 Å². The summed E-state index contributed by atoms with van der Waals surface area (Å²) in [5.74, 6) is 0.385. The number of hydrogen-bond donors (Lipinski definition) is 2. The molecule has 2 N–H and O–H groups in total. The van der Waals surface area contributed by atoms with Gasteiger partial charge in [-0.05, 0) is 43.9 Å². The number of ether oxygens (including phenoxy) is 1. The van der Waals surface area contributed by atoms with Crippen molar-refractivity contribution in [2.45, 2.75) is 32.8 Å². The van der Waals surface area contributed by atoms with Gasteiger partial charge in [-0.1, -0.05) is 12.1 Å². The number of rotatable bonds is 5. The number of hydrogen-bond acceptors (Lipinski definition) is 5. The van der Waals surface area contributed by atoms with Crippen LogP contribution in [0.3, 0.4) is 0 Å². The first-order chi connectivity index (χ1) is 11.6. The fourth-order valence-corrected chi connectivity index (χ4v) is 2.63. The van der Waals surface area contributed by atoms with Gasteiger partial charge in [0.05, 0.1) is 18.5 Å². The number of aromatic nitrogens is 2. The molecule has 6 nitrogen and oxygen atoms in total. The number of nitrogens with zero attached hydrogens (tertiary/aromatic N) is 2.